The molecule has 30 heavy (non-hydrogen) atoms. The van der Waals surface area contributed by atoms with Crippen LogP contribution in [0.3, 0.4) is 0 Å². The lowest BCUT2D eigenvalue weighted by Gasteiger charge is -2.27. The summed E-state index contributed by atoms with van der Waals surface area (Å²) in [6.45, 7) is 0. The van der Waals surface area contributed by atoms with Crippen LogP contribution in [0.4, 0.5) is 5.69 Å². The highest BCUT2D eigenvalue weighted by molar-refractivity contribution is 5.83. The van der Waals surface area contributed by atoms with E-state index in [4.69, 9.17) is 0 Å². The molecule has 0 bridgehead atoms. The minimum Gasteiger partial charge on any atom is -0.378 e. The van der Waals surface area contributed by atoms with Crippen molar-refractivity contribution in [1.29, 1.82) is 5.26 Å². The molecule has 0 radical (unpaired) electrons. The number of fused-ring (bicyclic) bond motifs is 2. The van der Waals surface area contributed by atoms with Gasteiger partial charge < -0.3 is 5.32 Å². The number of nitrogens with zero attached hydrogens (tertiary/aromatic N) is 5. The summed E-state index contributed by atoms with van der Waals surface area (Å²) in [6.07, 6.45) is 11.6. The van der Waals surface area contributed by atoms with Crippen LogP contribution >= 0.6 is 0 Å². The largest absolute Gasteiger partial charge is 0.378 e. The molecule has 6 heteroatoms. The van der Waals surface area contributed by atoms with Gasteiger partial charge in [0, 0.05) is 11.1 Å². The van der Waals surface area contributed by atoms with E-state index in [0.717, 1.165) is 47.1 Å². The summed E-state index contributed by atoms with van der Waals surface area (Å²) < 4.78 is 4.03. The second-order valence-corrected chi connectivity index (χ2v) is 8.35. The first-order valence-electron chi connectivity index (χ1n) is 10.6. The van der Waals surface area contributed by atoms with E-state index >= 15 is 0 Å². The SMILES string of the molecule is N#Cc1ccc2c(c1)CCCC2Nc1ccc2cnn(-c3cnn(C4CC4)c3)c2c1. The van der Waals surface area contributed by atoms with Crippen LogP contribution in [-0.4, -0.2) is 19.6 Å². The number of aromatic nitrogens is 4. The average molecular weight is 394 g/mol. The van der Waals surface area contributed by atoms with Gasteiger partial charge in [0.1, 0.15) is 5.69 Å². The molecule has 2 aromatic carbocycles. The summed E-state index contributed by atoms with van der Waals surface area (Å²) in [5, 5.41) is 23.2. The van der Waals surface area contributed by atoms with E-state index in [1.165, 1.54) is 24.0 Å². The Balaban J connectivity index is 1.32. The Labute approximate surface area is 174 Å². The molecule has 6 nitrogen and oxygen atoms in total. The molecule has 2 heterocycles. The predicted octanol–water partition coefficient (Wildman–Crippen LogP) is 4.92. The predicted molar refractivity (Wildman–Crippen MR) is 116 cm³/mol. The Hall–Kier alpha value is -3.59. The Bertz CT molecular complexity index is 1290. The van der Waals surface area contributed by atoms with Gasteiger partial charge in [0.05, 0.1) is 47.8 Å². The number of aryl methyl sites for hydroxylation is 1. The van der Waals surface area contributed by atoms with Gasteiger partial charge in [-0.3, -0.25) is 4.68 Å². The number of hydrogen-bond donors (Lipinski definition) is 1. The van der Waals surface area contributed by atoms with Gasteiger partial charge in [-0.2, -0.15) is 15.5 Å². The number of nitriles is 1. The summed E-state index contributed by atoms with van der Waals surface area (Å²) in [7, 11) is 0. The summed E-state index contributed by atoms with van der Waals surface area (Å²) in [5.74, 6) is 0. The number of nitrogens with one attached hydrogen (secondary N) is 1. The van der Waals surface area contributed by atoms with Crippen molar-refractivity contribution in [1.82, 2.24) is 19.6 Å². The fourth-order valence-electron chi connectivity index (χ4n) is 4.53. The first-order chi connectivity index (χ1) is 14.8. The molecule has 1 N–H and O–H groups in total. The lowest BCUT2D eigenvalue weighted by molar-refractivity contribution is 0.600. The summed E-state index contributed by atoms with van der Waals surface area (Å²) >= 11 is 0. The fourth-order valence-corrected chi connectivity index (χ4v) is 4.53. The van der Waals surface area contributed by atoms with E-state index in [2.05, 4.69) is 56.7 Å². The third kappa shape index (κ3) is 2.94. The molecule has 4 aromatic rings. The molecule has 0 aliphatic heterocycles. The van der Waals surface area contributed by atoms with Gasteiger partial charge in [-0.25, -0.2) is 4.68 Å². The van der Waals surface area contributed by atoms with Gasteiger partial charge in [-0.05, 0) is 73.6 Å². The van der Waals surface area contributed by atoms with Crippen LogP contribution in [0.5, 0.6) is 0 Å². The number of anilines is 1. The molecule has 0 amide bonds. The van der Waals surface area contributed by atoms with Crippen molar-refractivity contribution >= 4 is 16.6 Å². The summed E-state index contributed by atoms with van der Waals surface area (Å²) in [4.78, 5) is 0. The van der Waals surface area contributed by atoms with E-state index in [9.17, 15) is 5.26 Å². The molecule has 1 unspecified atom stereocenters. The van der Waals surface area contributed by atoms with Gasteiger partial charge >= 0.3 is 0 Å². The van der Waals surface area contributed by atoms with E-state index in [0.29, 0.717) is 6.04 Å². The highest BCUT2D eigenvalue weighted by atomic mass is 15.3. The highest BCUT2D eigenvalue weighted by Crippen LogP contribution is 2.35. The molecular formula is C24H22N6. The molecule has 148 valence electrons. The number of rotatable bonds is 4. The highest BCUT2D eigenvalue weighted by Gasteiger charge is 2.25. The topological polar surface area (TPSA) is 71.5 Å². The van der Waals surface area contributed by atoms with Crippen LogP contribution in [0.15, 0.2) is 55.0 Å². The molecule has 2 aliphatic rings. The standard InChI is InChI=1S/C24H22N6/c25-12-16-4-9-22-17(10-16)2-1-3-23(22)28-19-6-5-18-13-27-30(24(18)11-19)21-14-26-29(15-21)20-7-8-20/h4-6,9-11,13-15,20,23,28H,1-3,7-8H2. The normalized spacial score (nSPS) is 18.2. The maximum absolute atomic E-state index is 9.20. The lowest BCUT2D eigenvalue weighted by atomic mass is 9.86. The molecule has 1 fully saturated rings. The Morgan fingerprint density at radius 3 is 2.83 bits per heavy atom. The van der Waals surface area contributed by atoms with Gasteiger partial charge in [-0.15, -0.1) is 0 Å². The van der Waals surface area contributed by atoms with E-state index in [-0.39, 0.29) is 6.04 Å². The molecule has 6 rings (SSSR count). The molecule has 2 aliphatic carbocycles. The molecule has 1 saturated carbocycles. The van der Waals surface area contributed by atoms with Crippen LogP contribution in [-0.2, 0) is 6.42 Å². The van der Waals surface area contributed by atoms with Crippen LogP contribution in [0, 0.1) is 11.3 Å². The maximum atomic E-state index is 9.20. The van der Waals surface area contributed by atoms with Crippen LogP contribution < -0.4 is 5.32 Å². The van der Waals surface area contributed by atoms with Gasteiger partial charge in [0.25, 0.3) is 0 Å². The third-order valence-corrected chi connectivity index (χ3v) is 6.25. The lowest BCUT2D eigenvalue weighted by Crippen LogP contribution is -2.17. The first kappa shape index (κ1) is 17.3. The van der Waals surface area contributed by atoms with Crippen molar-refractivity contribution in [2.45, 2.75) is 44.2 Å². The molecule has 0 spiro atoms. The Morgan fingerprint density at radius 2 is 1.97 bits per heavy atom. The van der Waals surface area contributed by atoms with Crippen molar-refractivity contribution in [2.24, 2.45) is 0 Å². The van der Waals surface area contributed by atoms with Crippen LogP contribution in [0.2, 0.25) is 0 Å². The second-order valence-electron chi connectivity index (χ2n) is 8.35. The molecular weight excluding hydrogens is 372 g/mol. The minimum absolute atomic E-state index is 0.257. The zero-order valence-electron chi connectivity index (χ0n) is 16.6. The average Bonchev–Trinajstić information content (AvgIpc) is 3.36. The first-order valence-corrected chi connectivity index (χ1v) is 10.6. The molecule has 0 saturated heterocycles. The number of hydrogen-bond acceptors (Lipinski definition) is 4. The van der Waals surface area contributed by atoms with Gasteiger partial charge in [-0.1, -0.05) is 6.07 Å². The summed E-state index contributed by atoms with van der Waals surface area (Å²) in [5.41, 5.74) is 6.50. The van der Waals surface area contributed by atoms with Gasteiger partial charge in [0.2, 0.25) is 0 Å². The van der Waals surface area contributed by atoms with Crippen molar-refractivity contribution in [2.75, 3.05) is 5.32 Å². The third-order valence-electron chi connectivity index (χ3n) is 6.25. The van der Waals surface area contributed by atoms with Crippen molar-refractivity contribution < 1.29 is 0 Å². The van der Waals surface area contributed by atoms with Crippen LogP contribution in [0.25, 0.3) is 16.6 Å². The van der Waals surface area contributed by atoms with Crippen molar-refractivity contribution in [3.63, 3.8) is 0 Å². The maximum Gasteiger partial charge on any atom is 0.103 e. The monoisotopic (exact) mass is 394 g/mol. The molecule has 1 atom stereocenters. The zero-order valence-corrected chi connectivity index (χ0v) is 16.6. The second kappa shape index (κ2) is 6.74. The van der Waals surface area contributed by atoms with Gasteiger partial charge in [0.15, 0.2) is 0 Å². The minimum atomic E-state index is 0.257. The van der Waals surface area contributed by atoms with E-state index in [1.807, 2.05) is 29.2 Å². The molecule has 2 aromatic heterocycles. The van der Waals surface area contributed by atoms with Crippen molar-refractivity contribution in [3.05, 3.63) is 71.7 Å². The fraction of sp³-hybridized carbons (Fsp3) is 0.292. The Morgan fingerprint density at radius 1 is 1.03 bits per heavy atom. The zero-order chi connectivity index (χ0) is 20.1. The number of benzene rings is 2. The summed E-state index contributed by atoms with van der Waals surface area (Å²) in [6, 6.07) is 15.6. The van der Waals surface area contributed by atoms with Crippen molar-refractivity contribution in [3.8, 4) is 11.8 Å². The smallest absolute Gasteiger partial charge is 0.103 e. The Kier molecular flexibility index (Phi) is 3.88. The van der Waals surface area contributed by atoms with E-state index in [1.54, 1.807) is 0 Å². The van der Waals surface area contributed by atoms with Crippen LogP contribution in [0.1, 0.15) is 54.5 Å². The quantitative estimate of drug-likeness (QED) is 0.533. The van der Waals surface area contributed by atoms with E-state index < -0.39 is 0 Å².